The normalized spacial score (nSPS) is 22.5. The molecule has 1 N–H and O–H groups in total. The number of rotatable bonds is 4. The minimum atomic E-state index is -0.0623. The summed E-state index contributed by atoms with van der Waals surface area (Å²) in [5.74, 6) is 1.13. The van der Waals surface area contributed by atoms with Crippen LogP contribution in [0.15, 0.2) is 12.1 Å². The van der Waals surface area contributed by atoms with Gasteiger partial charge in [-0.2, -0.15) is 11.8 Å². The molecule has 1 aromatic rings. The Kier molecular flexibility index (Phi) is 4.74. The molecule has 0 bridgehead atoms. The molecule has 1 unspecified atom stereocenters. The molecule has 0 saturated carbocycles. The molecule has 0 radical (unpaired) electrons. The van der Waals surface area contributed by atoms with Crippen molar-refractivity contribution in [2.75, 3.05) is 12.3 Å². The highest BCUT2D eigenvalue weighted by Gasteiger charge is 2.29. The van der Waals surface area contributed by atoms with Crippen molar-refractivity contribution in [3.05, 3.63) is 28.5 Å². The number of hydrogen-bond acceptors (Lipinski definition) is 3. The van der Waals surface area contributed by atoms with Crippen molar-refractivity contribution in [1.82, 2.24) is 10.3 Å². The van der Waals surface area contributed by atoms with Gasteiger partial charge in [0.1, 0.15) is 5.15 Å². The first kappa shape index (κ1) is 14.7. The number of aromatic nitrogens is 1. The molecule has 1 saturated heterocycles. The SMILES string of the molecule is CCc1cc(C(=O)NCC2(C)CCCS2)cc(Cl)n1. The molecular weight excluding hydrogens is 280 g/mol. The van der Waals surface area contributed by atoms with Crippen LogP contribution in [0.3, 0.4) is 0 Å². The van der Waals surface area contributed by atoms with Crippen molar-refractivity contribution < 1.29 is 4.79 Å². The van der Waals surface area contributed by atoms with E-state index in [4.69, 9.17) is 11.6 Å². The maximum absolute atomic E-state index is 12.2. The Labute approximate surface area is 123 Å². The molecule has 0 aromatic carbocycles. The molecule has 19 heavy (non-hydrogen) atoms. The third kappa shape index (κ3) is 3.86. The van der Waals surface area contributed by atoms with Crippen LogP contribution < -0.4 is 5.32 Å². The number of nitrogens with zero attached hydrogens (tertiary/aromatic N) is 1. The molecule has 3 nitrogen and oxygen atoms in total. The maximum Gasteiger partial charge on any atom is 0.251 e. The van der Waals surface area contributed by atoms with Gasteiger partial charge < -0.3 is 5.32 Å². The number of halogens is 1. The summed E-state index contributed by atoms with van der Waals surface area (Å²) >= 11 is 7.87. The number of carbonyl (C=O) groups excluding carboxylic acids is 1. The average Bonchev–Trinajstić information content (AvgIpc) is 2.82. The monoisotopic (exact) mass is 298 g/mol. The Hall–Kier alpha value is -0.740. The summed E-state index contributed by atoms with van der Waals surface area (Å²) in [7, 11) is 0. The molecule has 5 heteroatoms. The quantitative estimate of drug-likeness (QED) is 0.867. The molecule has 104 valence electrons. The Morgan fingerprint density at radius 3 is 3.00 bits per heavy atom. The summed E-state index contributed by atoms with van der Waals surface area (Å²) in [5, 5.41) is 3.39. The van der Waals surface area contributed by atoms with E-state index < -0.39 is 0 Å². The Morgan fingerprint density at radius 2 is 2.37 bits per heavy atom. The van der Waals surface area contributed by atoms with Gasteiger partial charge in [-0.25, -0.2) is 4.98 Å². The van der Waals surface area contributed by atoms with Crippen LogP contribution in [0.4, 0.5) is 0 Å². The first-order valence-electron chi connectivity index (χ1n) is 6.61. The second kappa shape index (κ2) is 6.14. The van der Waals surface area contributed by atoms with E-state index in [0.29, 0.717) is 17.3 Å². The minimum Gasteiger partial charge on any atom is -0.351 e. The number of thioether (sulfide) groups is 1. The molecule has 1 aliphatic heterocycles. The van der Waals surface area contributed by atoms with Gasteiger partial charge in [0.2, 0.25) is 0 Å². The third-order valence-electron chi connectivity index (χ3n) is 3.39. The smallest absolute Gasteiger partial charge is 0.251 e. The van der Waals surface area contributed by atoms with Crippen molar-refractivity contribution in [2.45, 2.75) is 37.9 Å². The largest absolute Gasteiger partial charge is 0.351 e. The van der Waals surface area contributed by atoms with Gasteiger partial charge in [-0.3, -0.25) is 4.79 Å². The van der Waals surface area contributed by atoms with Crippen molar-refractivity contribution in [3.8, 4) is 0 Å². The first-order valence-corrected chi connectivity index (χ1v) is 7.97. The molecule has 2 heterocycles. The molecular formula is C14H19ClN2OS. The highest BCUT2D eigenvalue weighted by Crippen LogP contribution is 2.36. The van der Waals surface area contributed by atoms with Gasteiger partial charge in [-0.1, -0.05) is 18.5 Å². The second-order valence-corrected chi connectivity index (χ2v) is 7.18. The van der Waals surface area contributed by atoms with E-state index >= 15 is 0 Å². The minimum absolute atomic E-state index is 0.0623. The van der Waals surface area contributed by atoms with Crippen LogP contribution >= 0.6 is 23.4 Å². The lowest BCUT2D eigenvalue weighted by Crippen LogP contribution is -2.36. The zero-order valence-electron chi connectivity index (χ0n) is 11.3. The second-order valence-electron chi connectivity index (χ2n) is 5.11. The van der Waals surface area contributed by atoms with E-state index in [2.05, 4.69) is 17.2 Å². The van der Waals surface area contributed by atoms with Gasteiger partial charge in [-0.15, -0.1) is 0 Å². The van der Waals surface area contributed by atoms with Crippen molar-refractivity contribution >= 4 is 29.3 Å². The summed E-state index contributed by atoms with van der Waals surface area (Å²) in [5.41, 5.74) is 1.45. The van der Waals surface area contributed by atoms with E-state index in [9.17, 15) is 4.79 Å². The van der Waals surface area contributed by atoms with Crippen LogP contribution in [-0.2, 0) is 6.42 Å². The predicted octanol–water partition coefficient (Wildman–Crippen LogP) is 3.31. The van der Waals surface area contributed by atoms with Crippen LogP contribution in [0.1, 0.15) is 42.7 Å². The lowest BCUT2D eigenvalue weighted by Gasteiger charge is -2.22. The third-order valence-corrected chi connectivity index (χ3v) is 5.13. The summed E-state index contributed by atoms with van der Waals surface area (Å²) in [4.78, 5) is 16.3. The molecule has 1 aromatic heterocycles. The van der Waals surface area contributed by atoms with Gasteiger partial charge in [0, 0.05) is 22.5 Å². The number of carbonyl (C=O) groups is 1. The number of nitrogens with one attached hydrogen (secondary N) is 1. The molecule has 1 amide bonds. The van der Waals surface area contributed by atoms with Crippen molar-refractivity contribution in [1.29, 1.82) is 0 Å². The highest BCUT2D eigenvalue weighted by molar-refractivity contribution is 8.00. The Bertz CT molecular complexity index is 473. The van der Waals surface area contributed by atoms with Crippen molar-refractivity contribution in [3.63, 3.8) is 0 Å². The van der Waals surface area contributed by atoms with Crippen LogP contribution in [0.25, 0.3) is 0 Å². The standard InChI is InChI=1S/C14H19ClN2OS/c1-3-11-7-10(8-12(15)17-11)13(18)16-9-14(2)5-4-6-19-14/h7-8H,3-6,9H2,1-2H3,(H,16,18). The summed E-state index contributed by atoms with van der Waals surface area (Å²) in [6.45, 7) is 4.91. The summed E-state index contributed by atoms with van der Waals surface area (Å²) in [6.07, 6.45) is 3.17. The van der Waals surface area contributed by atoms with Gasteiger partial charge >= 0.3 is 0 Å². The van der Waals surface area contributed by atoms with E-state index in [0.717, 1.165) is 18.5 Å². The molecule has 2 rings (SSSR count). The zero-order chi connectivity index (χ0) is 13.9. The van der Waals surface area contributed by atoms with E-state index in [1.165, 1.54) is 12.2 Å². The van der Waals surface area contributed by atoms with Crippen LogP contribution in [0.2, 0.25) is 5.15 Å². The molecule has 0 spiro atoms. The van der Waals surface area contributed by atoms with E-state index in [1.807, 2.05) is 24.8 Å². The summed E-state index contributed by atoms with van der Waals surface area (Å²) < 4.78 is 0.181. The summed E-state index contributed by atoms with van der Waals surface area (Å²) in [6, 6.07) is 3.44. The molecule has 1 aliphatic rings. The van der Waals surface area contributed by atoms with Crippen LogP contribution in [-0.4, -0.2) is 27.9 Å². The number of hydrogen-bond donors (Lipinski definition) is 1. The lowest BCUT2D eigenvalue weighted by atomic mass is 10.1. The molecule has 1 atom stereocenters. The van der Waals surface area contributed by atoms with Gasteiger partial charge in [0.25, 0.3) is 5.91 Å². The zero-order valence-corrected chi connectivity index (χ0v) is 12.9. The fraction of sp³-hybridized carbons (Fsp3) is 0.571. The predicted molar refractivity (Wildman–Crippen MR) is 81.1 cm³/mol. The van der Waals surface area contributed by atoms with Crippen LogP contribution in [0, 0.1) is 0 Å². The molecule has 1 fully saturated rings. The number of pyridine rings is 1. The Morgan fingerprint density at radius 1 is 1.58 bits per heavy atom. The Balaban J connectivity index is 2.01. The fourth-order valence-corrected chi connectivity index (χ4v) is 3.68. The van der Waals surface area contributed by atoms with Crippen molar-refractivity contribution in [2.24, 2.45) is 0 Å². The number of amides is 1. The van der Waals surface area contributed by atoms with E-state index in [-0.39, 0.29) is 10.7 Å². The van der Waals surface area contributed by atoms with Crippen LogP contribution in [0.5, 0.6) is 0 Å². The van der Waals surface area contributed by atoms with E-state index in [1.54, 1.807) is 6.07 Å². The topological polar surface area (TPSA) is 42.0 Å². The number of aryl methyl sites for hydroxylation is 1. The molecule has 0 aliphatic carbocycles. The van der Waals surface area contributed by atoms with Gasteiger partial charge in [0.05, 0.1) is 0 Å². The van der Waals surface area contributed by atoms with Gasteiger partial charge in [0.15, 0.2) is 0 Å². The maximum atomic E-state index is 12.2. The average molecular weight is 299 g/mol. The first-order chi connectivity index (χ1) is 9.02. The van der Waals surface area contributed by atoms with Gasteiger partial charge in [-0.05, 0) is 44.1 Å². The fourth-order valence-electron chi connectivity index (χ4n) is 2.21. The lowest BCUT2D eigenvalue weighted by molar-refractivity contribution is 0.0949. The highest BCUT2D eigenvalue weighted by atomic mass is 35.5.